The summed E-state index contributed by atoms with van der Waals surface area (Å²) >= 11 is 0. The standard InChI is InChI=1S/C27H27N3O3/c1-19-8-10-21(11-9-19)18-30-23-7-5-4-6-22(23)29-26(30)17-28-27(31)15-13-20-12-14-24(32-2)25(16-20)33-3/h4-16H,17-18H2,1-3H3,(H,28,31)/b15-13+. The Balaban J connectivity index is 1.49. The molecule has 1 N–H and O–H groups in total. The Morgan fingerprint density at radius 2 is 1.76 bits per heavy atom. The normalized spacial score (nSPS) is 11.1. The Morgan fingerprint density at radius 1 is 1.00 bits per heavy atom. The molecule has 0 fully saturated rings. The zero-order chi connectivity index (χ0) is 23.2. The molecule has 0 radical (unpaired) electrons. The number of fused-ring (bicyclic) bond motifs is 1. The molecule has 0 aliphatic carbocycles. The minimum absolute atomic E-state index is 0.196. The second kappa shape index (κ2) is 10.0. The maximum absolute atomic E-state index is 12.5. The van der Waals surface area contributed by atoms with Crippen molar-refractivity contribution in [2.24, 2.45) is 0 Å². The highest BCUT2D eigenvalue weighted by Gasteiger charge is 2.12. The van der Waals surface area contributed by atoms with E-state index >= 15 is 0 Å². The Hall–Kier alpha value is -4.06. The molecule has 1 aromatic heterocycles. The number of aromatic nitrogens is 2. The fourth-order valence-corrected chi connectivity index (χ4v) is 3.67. The lowest BCUT2D eigenvalue weighted by Crippen LogP contribution is -2.23. The summed E-state index contributed by atoms with van der Waals surface area (Å²) < 4.78 is 12.7. The van der Waals surface area contributed by atoms with Gasteiger partial charge in [0.2, 0.25) is 5.91 Å². The van der Waals surface area contributed by atoms with Crippen molar-refractivity contribution in [3.8, 4) is 11.5 Å². The predicted octanol–water partition coefficient (Wildman–Crippen LogP) is 4.74. The molecule has 1 amide bonds. The van der Waals surface area contributed by atoms with Gasteiger partial charge in [0.1, 0.15) is 5.82 Å². The first-order valence-corrected chi connectivity index (χ1v) is 10.7. The van der Waals surface area contributed by atoms with Crippen molar-refractivity contribution in [3.05, 3.63) is 95.3 Å². The Morgan fingerprint density at radius 3 is 2.52 bits per heavy atom. The second-order valence-corrected chi connectivity index (χ2v) is 7.75. The molecule has 4 aromatic rings. The third-order valence-electron chi connectivity index (χ3n) is 5.45. The van der Waals surface area contributed by atoms with Crippen molar-refractivity contribution in [1.82, 2.24) is 14.9 Å². The SMILES string of the molecule is COc1ccc(/C=C/C(=O)NCc2nc3ccccc3n2Cc2ccc(C)cc2)cc1OC. The maximum Gasteiger partial charge on any atom is 0.244 e. The highest BCUT2D eigenvalue weighted by molar-refractivity contribution is 5.91. The van der Waals surface area contributed by atoms with E-state index in [9.17, 15) is 4.79 Å². The molecule has 0 bridgehead atoms. The van der Waals surface area contributed by atoms with Gasteiger partial charge in [-0.2, -0.15) is 0 Å². The zero-order valence-electron chi connectivity index (χ0n) is 19.0. The number of methoxy groups -OCH3 is 2. The van der Waals surface area contributed by atoms with Gasteiger partial charge in [-0.1, -0.05) is 48.0 Å². The predicted molar refractivity (Wildman–Crippen MR) is 130 cm³/mol. The number of carbonyl (C=O) groups is 1. The van der Waals surface area contributed by atoms with E-state index in [1.165, 1.54) is 17.2 Å². The molecule has 0 saturated carbocycles. The van der Waals surface area contributed by atoms with Crippen LogP contribution in [0.2, 0.25) is 0 Å². The Bertz CT molecular complexity index is 1290. The molecule has 1 heterocycles. The summed E-state index contributed by atoms with van der Waals surface area (Å²) in [4.78, 5) is 17.3. The number of hydrogen-bond acceptors (Lipinski definition) is 4. The van der Waals surface area contributed by atoms with Crippen molar-refractivity contribution < 1.29 is 14.3 Å². The number of ether oxygens (including phenoxy) is 2. The lowest BCUT2D eigenvalue weighted by atomic mass is 10.1. The molecule has 33 heavy (non-hydrogen) atoms. The monoisotopic (exact) mass is 441 g/mol. The number of amides is 1. The number of imidazole rings is 1. The van der Waals surface area contributed by atoms with Gasteiger partial charge in [-0.05, 0) is 48.4 Å². The van der Waals surface area contributed by atoms with Crippen LogP contribution in [0.15, 0.2) is 72.8 Å². The van der Waals surface area contributed by atoms with E-state index in [0.29, 0.717) is 24.6 Å². The number of para-hydroxylation sites is 2. The first-order chi connectivity index (χ1) is 16.1. The number of carbonyl (C=O) groups excluding carboxylic acids is 1. The third kappa shape index (κ3) is 5.23. The summed E-state index contributed by atoms with van der Waals surface area (Å²) in [6.07, 6.45) is 3.25. The maximum atomic E-state index is 12.5. The third-order valence-corrected chi connectivity index (χ3v) is 5.45. The summed E-state index contributed by atoms with van der Waals surface area (Å²) in [5.41, 5.74) is 5.21. The van der Waals surface area contributed by atoms with E-state index in [2.05, 4.69) is 47.1 Å². The lowest BCUT2D eigenvalue weighted by molar-refractivity contribution is -0.116. The first kappa shape index (κ1) is 22.1. The zero-order valence-corrected chi connectivity index (χ0v) is 19.0. The van der Waals surface area contributed by atoms with Crippen LogP contribution in [0, 0.1) is 6.92 Å². The lowest BCUT2D eigenvalue weighted by Gasteiger charge is -2.10. The van der Waals surface area contributed by atoms with Crippen LogP contribution >= 0.6 is 0 Å². The number of nitrogens with zero attached hydrogens (tertiary/aromatic N) is 2. The van der Waals surface area contributed by atoms with Crippen molar-refractivity contribution in [1.29, 1.82) is 0 Å². The van der Waals surface area contributed by atoms with Crippen LogP contribution in [0.3, 0.4) is 0 Å². The Labute approximate surface area is 193 Å². The molecule has 0 aliphatic heterocycles. The number of rotatable bonds is 8. The molecule has 168 valence electrons. The highest BCUT2D eigenvalue weighted by Crippen LogP contribution is 2.28. The minimum Gasteiger partial charge on any atom is -0.493 e. The number of nitrogens with one attached hydrogen (secondary N) is 1. The quantitative estimate of drug-likeness (QED) is 0.401. The van der Waals surface area contributed by atoms with E-state index in [-0.39, 0.29) is 5.91 Å². The molecular formula is C27H27N3O3. The first-order valence-electron chi connectivity index (χ1n) is 10.7. The van der Waals surface area contributed by atoms with Crippen LogP contribution in [-0.4, -0.2) is 29.7 Å². The van der Waals surface area contributed by atoms with Gasteiger partial charge < -0.3 is 19.4 Å². The minimum atomic E-state index is -0.196. The van der Waals surface area contributed by atoms with Gasteiger partial charge in [0.25, 0.3) is 0 Å². The second-order valence-electron chi connectivity index (χ2n) is 7.75. The number of benzene rings is 3. The molecule has 0 unspecified atom stereocenters. The molecule has 4 rings (SSSR count). The molecule has 6 nitrogen and oxygen atoms in total. The smallest absolute Gasteiger partial charge is 0.244 e. The van der Waals surface area contributed by atoms with Crippen LogP contribution in [0.1, 0.15) is 22.5 Å². The van der Waals surface area contributed by atoms with Gasteiger partial charge >= 0.3 is 0 Å². The fraction of sp³-hybridized carbons (Fsp3) is 0.185. The van der Waals surface area contributed by atoms with E-state index in [1.54, 1.807) is 20.3 Å². The van der Waals surface area contributed by atoms with Crippen LogP contribution in [0.25, 0.3) is 17.1 Å². The molecule has 6 heteroatoms. The van der Waals surface area contributed by atoms with Crippen LogP contribution in [0.4, 0.5) is 0 Å². The summed E-state index contributed by atoms with van der Waals surface area (Å²) in [7, 11) is 3.17. The van der Waals surface area contributed by atoms with Crippen LogP contribution < -0.4 is 14.8 Å². The van der Waals surface area contributed by atoms with E-state index < -0.39 is 0 Å². The van der Waals surface area contributed by atoms with Crippen LogP contribution in [-0.2, 0) is 17.9 Å². The van der Waals surface area contributed by atoms with Gasteiger partial charge in [-0.25, -0.2) is 4.98 Å². The average molecular weight is 442 g/mol. The van der Waals surface area contributed by atoms with E-state index in [1.807, 2.05) is 36.4 Å². The van der Waals surface area contributed by atoms with Crippen molar-refractivity contribution in [2.45, 2.75) is 20.0 Å². The van der Waals surface area contributed by atoms with Crippen molar-refractivity contribution in [2.75, 3.05) is 14.2 Å². The molecule has 3 aromatic carbocycles. The van der Waals surface area contributed by atoms with Crippen molar-refractivity contribution in [3.63, 3.8) is 0 Å². The van der Waals surface area contributed by atoms with E-state index in [4.69, 9.17) is 14.5 Å². The molecule has 0 spiro atoms. The van der Waals surface area contributed by atoms with Gasteiger partial charge in [-0.3, -0.25) is 4.79 Å². The van der Waals surface area contributed by atoms with Crippen LogP contribution in [0.5, 0.6) is 11.5 Å². The van der Waals surface area contributed by atoms with Gasteiger partial charge in [0.15, 0.2) is 11.5 Å². The number of aryl methyl sites for hydroxylation is 1. The molecular weight excluding hydrogens is 414 g/mol. The Kier molecular flexibility index (Phi) is 6.74. The number of hydrogen-bond donors (Lipinski definition) is 1. The van der Waals surface area contributed by atoms with Crippen molar-refractivity contribution >= 4 is 23.0 Å². The summed E-state index contributed by atoms with van der Waals surface area (Å²) in [6.45, 7) is 3.09. The van der Waals surface area contributed by atoms with Gasteiger partial charge in [0.05, 0.1) is 31.8 Å². The summed E-state index contributed by atoms with van der Waals surface area (Å²) in [5.74, 6) is 1.87. The largest absolute Gasteiger partial charge is 0.493 e. The molecule has 0 aliphatic rings. The molecule has 0 saturated heterocycles. The van der Waals surface area contributed by atoms with E-state index in [0.717, 1.165) is 22.4 Å². The molecule has 0 atom stereocenters. The summed E-state index contributed by atoms with van der Waals surface area (Å²) in [6, 6.07) is 22.0. The highest BCUT2D eigenvalue weighted by atomic mass is 16.5. The topological polar surface area (TPSA) is 65.4 Å². The summed E-state index contributed by atoms with van der Waals surface area (Å²) in [5, 5.41) is 2.95. The fourth-order valence-electron chi connectivity index (χ4n) is 3.67. The van der Waals surface area contributed by atoms with Gasteiger partial charge in [0, 0.05) is 12.6 Å². The average Bonchev–Trinajstić information content (AvgIpc) is 3.19. The van der Waals surface area contributed by atoms with Gasteiger partial charge in [-0.15, -0.1) is 0 Å².